The lowest BCUT2D eigenvalue weighted by Crippen LogP contribution is -2.34. The molecule has 0 aliphatic heterocycles. The van der Waals surface area contributed by atoms with Crippen LogP contribution in [0.5, 0.6) is 0 Å². The lowest BCUT2D eigenvalue weighted by Gasteiger charge is -2.23. The zero-order valence-electron chi connectivity index (χ0n) is 11.5. The number of halogens is 1. The molecular weight excluding hydrogens is 268 g/mol. The van der Waals surface area contributed by atoms with Crippen LogP contribution in [-0.2, 0) is 11.0 Å². The minimum absolute atomic E-state index is 0.545. The highest BCUT2D eigenvalue weighted by molar-refractivity contribution is 7.16. The predicted molar refractivity (Wildman–Crippen MR) is 78.3 cm³/mol. The maximum atomic E-state index is 6.41. The van der Waals surface area contributed by atoms with Gasteiger partial charge in [0.05, 0.1) is 6.61 Å². The summed E-state index contributed by atoms with van der Waals surface area (Å²) < 4.78 is 8.17. The van der Waals surface area contributed by atoms with E-state index in [-0.39, 0.29) is 0 Å². The molecule has 0 saturated heterocycles. The molecule has 1 aromatic heterocycles. The molecule has 1 aromatic rings. The summed E-state index contributed by atoms with van der Waals surface area (Å²) in [5.74, 6) is 1.01. The summed E-state index contributed by atoms with van der Waals surface area (Å²) in [7, 11) is -3.40. The third kappa shape index (κ3) is 4.58. The first-order valence-electron chi connectivity index (χ1n) is 6.12. The summed E-state index contributed by atoms with van der Waals surface area (Å²) in [6.45, 7) is 11.6. The van der Waals surface area contributed by atoms with E-state index in [1.165, 1.54) is 0 Å². The molecular formula is C11H23ClN2OSi2. The molecule has 98 valence electrons. The molecule has 0 spiro atoms. The van der Waals surface area contributed by atoms with Gasteiger partial charge in [0.2, 0.25) is 0 Å². The summed E-state index contributed by atoms with van der Waals surface area (Å²) in [5.41, 5.74) is 0. The zero-order valence-corrected chi connectivity index (χ0v) is 14.2. The Labute approximate surface area is 111 Å². The van der Waals surface area contributed by atoms with Crippen LogP contribution in [-0.4, -0.2) is 25.1 Å². The largest absolute Gasteiger partial charge is 0.395 e. The Balaban J connectivity index is 2.67. The van der Waals surface area contributed by atoms with Crippen molar-refractivity contribution in [3.63, 3.8) is 0 Å². The molecule has 1 heterocycles. The molecule has 0 aliphatic carbocycles. The van der Waals surface area contributed by atoms with Crippen LogP contribution in [0, 0.1) is 0 Å². The molecule has 17 heavy (non-hydrogen) atoms. The predicted octanol–water partition coefficient (Wildman–Crippen LogP) is 3.80. The number of nitrogens with zero attached hydrogens (tertiary/aromatic N) is 2. The normalized spacial score (nSPS) is 15.9. The van der Waals surface area contributed by atoms with Crippen molar-refractivity contribution in [1.29, 1.82) is 0 Å². The van der Waals surface area contributed by atoms with E-state index in [9.17, 15) is 0 Å². The second-order valence-corrected chi connectivity index (χ2v) is 15.7. The van der Waals surface area contributed by atoms with Crippen molar-refractivity contribution < 1.29 is 4.43 Å². The summed E-state index contributed by atoms with van der Waals surface area (Å²) in [4.78, 5) is 4.38. The molecule has 0 aromatic carbocycles. The second kappa shape index (κ2) is 5.69. The number of hydrogen-bond acceptors (Lipinski definition) is 2. The monoisotopic (exact) mass is 290 g/mol. The fourth-order valence-corrected chi connectivity index (χ4v) is 5.39. The molecule has 1 atom stereocenters. The molecule has 1 rings (SSSR count). The van der Waals surface area contributed by atoms with Crippen molar-refractivity contribution in [2.24, 2.45) is 0 Å². The smallest absolute Gasteiger partial charge is 0.287 e. The SMILES string of the molecule is CCC[Si](C)(Cl)OCc1nccn1[Si](C)(C)C. The maximum Gasteiger partial charge on any atom is 0.287 e. The molecule has 0 saturated carbocycles. The first-order valence-corrected chi connectivity index (χ1v) is 13.2. The van der Waals surface area contributed by atoms with Gasteiger partial charge in [-0.05, 0) is 12.6 Å². The van der Waals surface area contributed by atoms with Gasteiger partial charge in [-0.1, -0.05) is 33.0 Å². The highest BCUT2D eigenvalue weighted by atomic mass is 35.6. The van der Waals surface area contributed by atoms with Gasteiger partial charge in [0, 0.05) is 12.4 Å². The van der Waals surface area contributed by atoms with E-state index in [2.05, 4.69) is 48.5 Å². The van der Waals surface area contributed by atoms with Crippen LogP contribution < -0.4 is 0 Å². The maximum absolute atomic E-state index is 6.41. The number of imidazole rings is 1. The molecule has 0 aliphatic rings. The van der Waals surface area contributed by atoms with Gasteiger partial charge in [-0.3, -0.25) is 0 Å². The summed E-state index contributed by atoms with van der Waals surface area (Å²) in [6.07, 6.45) is 4.98. The van der Waals surface area contributed by atoms with Gasteiger partial charge in [-0.2, -0.15) is 0 Å². The highest BCUT2D eigenvalue weighted by Gasteiger charge is 2.27. The number of hydrogen-bond donors (Lipinski definition) is 0. The molecule has 0 radical (unpaired) electrons. The summed E-state index contributed by atoms with van der Waals surface area (Å²) in [5, 5.41) is 0. The number of aromatic nitrogens is 2. The Morgan fingerprint density at radius 2 is 2.00 bits per heavy atom. The van der Waals surface area contributed by atoms with Crippen molar-refractivity contribution in [1.82, 2.24) is 9.22 Å². The van der Waals surface area contributed by atoms with Gasteiger partial charge in [-0.25, -0.2) is 4.98 Å². The van der Waals surface area contributed by atoms with Crippen molar-refractivity contribution in [2.75, 3.05) is 0 Å². The Morgan fingerprint density at radius 1 is 1.35 bits per heavy atom. The standard InChI is InChI=1S/C11H23ClN2OSi2/c1-6-9-17(5,12)15-10-11-13-7-8-14(11)16(2,3)4/h7-8H,6,9-10H2,1-5H3. The van der Waals surface area contributed by atoms with Gasteiger partial charge >= 0.3 is 0 Å². The van der Waals surface area contributed by atoms with Gasteiger partial charge in [0.25, 0.3) is 7.63 Å². The van der Waals surface area contributed by atoms with E-state index in [1.54, 1.807) is 0 Å². The third-order valence-corrected chi connectivity index (χ3v) is 7.53. The van der Waals surface area contributed by atoms with Crippen molar-refractivity contribution >= 4 is 26.9 Å². The molecule has 0 N–H and O–H groups in total. The molecule has 1 unspecified atom stereocenters. The zero-order chi connectivity index (χ0) is 13.1. The van der Waals surface area contributed by atoms with Crippen LogP contribution in [0.15, 0.2) is 12.4 Å². The van der Waals surface area contributed by atoms with E-state index in [4.69, 9.17) is 15.5 Å². The van der Waals surface area contributed by atoms with Crippen LogP contribution in [0.25, 0.3) is 0 Å². The summed E-state index contributed by atoms with van der Waals surface area (Å²) >= 11 is 6.41. The van der Waals surface area contributed by atoms with Gasteiger partial charge in [0.15, 0.2) is 8.24 Å². The van der Waals surface area contributed by atoms with E-state index >= 15 is 0 Å². The molecule has 3 nitrogen and oxygen atoms in total. The third-order valence-electron chi connectivity index (χ3n) is 2.64. The Morgan fingerprint density at radius 3 is 2.53 bits per heavy atom. The Kier molecular flexibility index (Phi) is 5.00. The van der Waals surface area contributed by atoms with Crippen LogP contribution in [0.2, 0.25) is 32.2 Å². The van der Waals surface area contributed by atoms with E-state index in [0.717, 1.165) is 18.3 Å². The van der Waals surface area contributed by atoms with E-state index in [0.29, 0.717) is 6.61 Å². The molecule has 0 bridgehead atoms. The molecule has 6 heteroatoms. The lowest BCUT2D eigenvalue weighted by atomic mass is 10.6. The van der Waals surface area contributed by atoms with Crippen LogP contribution >= 0.6 is 11.1 Å². The van der Waals surface area contributed by atoms with Gasteiger partial charge < -0.3 is 8.66 Å². The first kappa shape index (κ1) is 15.0. The first-order chi connectivity index (χ1) is 7.76. The van der Waals surface area contributed by atoms with Crippen LogP contribution in [0.4, 0.5) is 0 Å². The van der Waals surface area contributed by atoms with Crippen molar-refractivity contribution in [2.45, 2.75) is 52.2 Å². The Bertz CT molecular complexity index is 361. The fourth-order valence-electron chi connectivity index (χ4n) is 1.79. The van der Waals surface area contributed by atoms with Crippen molar-refractivity contribution in [3.8, 4) is 0 Å². The summed E-state index contributed by atoms with van der Waals surface area (Å²) in [6, 6.07) is 0.988. The highest BCUT2D eigenvalue weighted by Crippen LogP contribution is 2.20. The van der Waals surface area contributed by atoms with Gasteiger partial charge in [0.1, 0.15) is 5.82 Å². The second-order valence-electron chi connectivity index (χ2n) is 5.52. The minimum Gasteiger partial charge on any atom is -0.395 e. The lowest BCUT2D eigenvalue weighted by molar-refractivity contribution is 0.292. The number of rotatable bonds is 6. The van der Waals surface area contributed by atoms with E-state index < -0.39 is 15.9 Å². The van der Waals surface area contributed by atoms with Crippen LogP contribution in [0.3, 0.4) is 0 Å². The Hall–Kier alpha value is -0.106. The average molecular weight is 291 g/mol. The molecule has 0 amide bonds. The minimum atomic E-state index is -2.01. The average Bonchev–Trinajstić information content (AvgIpc) is 2.61. The fraction of sp³-hybridized carbons (Fsp3) is 0.727. The topological polar surface area (TPSA) is 27.1 Å². The van der Waals surface area contributed by atoms with Crippen LogP contribution in [0.1, 0.15) is 19.2 Å². The van der Waals surface area contributed by atoms with Gasteiger partial charge in [-0.15, -0.1) is 11.1 Å². The van der Waals surface area contributed by atoms with Crippen molar-refractivity contribution in [3.05, 3.63) is 18.2 Å². The molecule has 0 fully saturated rings. The quantitative estimate of drug-likeness (QED) is 0.588. The van der Waals surface area contributed by atoms with E-state index in [1.807, 2.05) is 6.20 Å².